The Balaban J connectivity index is 1.59. The molecule has 0 bridgehead atoms. The number of nitrogens with one attached hydrogen (secondary N) is 3. The predicted octanol–water partition coefficient (Wildman–Crippen LogP) is 1.35. The molecular weight excluding hydrogens is 416 g/mol. The summed E-state index contributed by atoms with van der Waals surface area (Å²) in [6, 6.07) is 7.43. The zero-order chi connectivity index (χ0) is 22.6. The van der Waals surface area contributed by atoms with E-state index in [-0.39, 0.29) is 30.1 Å². The van der Waals surface area contributed by atoms with E-state index in [0.29, 0.717) is 24.4 Å². The van der Waals surface area contributed by atoms with Crippen molar-refractivity contribution in [2.45, 2.75) is 75.8 Å². The largest absolute Gasteiger partial charge is 0.368 e. The number of hydrogen-bond donors (Lipinski definition) is 3. The Morgan fingerprint density at radius 2 is 2.10 bits per heavy atom. The number of rotatable bonds is 4. The number of sulfonamides is 1. The summed E-state index contributed by atoms with van der Waals surface area (Å²) in [6.45, 7) is 8.57. The molecule has 3 aliphatic rings. The van der Waals surface area contributed by atoms with Gasteiger partial charge in [-0.05, 0) is 57.9 Å². The first-order valence-electron chi connectivity index (χ1n) is 10.7. The molecule has 1 aromatic carbocycles. The number of anilines is 1. The maximum Gasteiger partial charge on any atom is 0.244 e. The van der Waals surface area contributed by atoms with Crippen LogP contribution in [0.4, 0.5) is 5.69 Å². The molecule has 2 saturated heterocycles. The molecule has 0 aromatic heterocycles. The van der Waals surface area contributed by atoms with Crippen LogP contribution in [0.1, 0.15) is 46.1 Å². The van der Waals surface area contributed by atoms with Gasteiger partial charge in [0.05, 0.1) is 23.3 Å². The summed E-state index contributed by atoms with van der Waals surface area (Å²) < 4.78 is 27.3. The Labute approximate surface area is 183 Å². The van der Waals surface area contributed by atoms with Crippen molar-refractivity contribution in [2.24, 2.45) is 5.92 Å². The lowest BCUT2D eigenvalue weighted by Gasteiger charge is -2.33. The average molecular weight is 447 g/mol. The molecule has 3 heterocycles. The molecular formula is C21H30N6O3S. The van der Waals surface area contributed by atoms with Crippen molar-refractivity contribution in [2.75, 3.05) is 11.9 Å². The molecule has 0 spiro atoms. The number of carbonyl (C=O) groups is 1. The number of nitriles is 1. The lowest BCUT2D eigenvalue weighted by Crippen LogP contribution is -2.51. The van der Waals surface area contributed by atoms with Crippen molar-refractivity contribution in [1.29, 1.82) is 5.26 Å². The summed E-state index contributed by atoms with van der Waals surface area (Å²) in [5.41, 5.74) is 4.39. The van der Waals surface area contributed by atoms with Crippen LogP contribution in [0.15, 0.2) is 23.1 Å². The van der Waals surface area contributed by atoms with Crippen molar-refractivity contribution < 1.29 is 13.2 Å². The van der Waals surface area contributed by atoms with Crippen molar-refractivity contribution in [3.63, 3.8) is 0 Å². The van der Waals surface area contributed by atoms with Crippen molar-refractivity contribution in [3.8, 4) is 6.07 Å². The summed E-state index contributed by atoms with van der Waals surface area (Å²) in [4.78, 5) is 13.0. The summed E-state index contributed by atoms with van der Waals surface area (Å²) in [7, 11) is -3.52. The molecule has 0 saturated carbocycles. The maximum atomic E-state index is 12.9. The topological polar surface area (TPSA) is 118 Å². The van der Waals surface area contributed by atoms with Crippen LogP contribution in [-0.2, 0) is 21.4 Å². The number of amides is 1. The van der Waals surface area contributed by atoms with E-state index in [1.54, 1.807) is 12.1 Å². The summed E-state index contributed by atoms with van der Waals surface area (Å²) in [5.74, 6) is -0.325. The number of carbonyl (C=O) groups excluding carboxylic acids is 1. The van der Waals surface area contributed by atoms with Crippen LogP contribution in [0, 0.1) is 17.2 Å². The fourth-order valence-corrected chi connectivity index (χ4v) is 6.79. The van der Waals surface area contributed by atoms with E-state index in [4.69, 9.17) is 5.26 Å². The second-order valence-electron chi connectivity index (χ2n) is 9.55. The highest BCUT2D eigenvalue weighted by Crippen LogP contribution is 2.37. The minimum Gasteiger partial charge on any atom is -0.368 e. The first-order chi connectivity index (χ1) is 14.5. The Morgan fingerprint density at radius 3 is 2.77 bits per heavy atom. The fraction of sp³-hybridized carbons (Fsp3) is 0.619. The van der Waals surface area contributed by atoms with Crippen LogP contribution >= 0.6 is 0 Å². The lowest BCUT2D eigenvalue weighted by atomic mass is 9.90. The van der Waals surface area contributed by atoms with Gasteiger partial charge in [0.15, 0.2) is 0 Å². The summed E-state index contributed by atoms with van der Waals surface area (Å²) in [6.07, 6.45) is 0.825. The molecule has 1 aromatic rings. The number of fused-ring (bicyclic) bond motifs is 2. The van der Waals surface area contributed by atoms with E-state index in [1.165, 1.54) is 4.31 Å². The fourth-order valence-electron chi connectivity index (χ4n) is 4.82. The first kappa shape index (κ1) is 22.0. The molecule has 4 atom stereocenters. The molecule has 0 aliphatic carbocycles. The number of benzene rings is 1. The molecule has 4 rings (SSSR count). The van der Waals surface area contributed by atoms with Crippen molar-refractivity contribution >= 4 is 21.6 Å². The van der Waals surface area contributed by atoms with Gasteiger partial charge in [-0.15, -0.1) is 0 Å². The van der Waals surface area contributed by atoms with E-state index >= 15 is 0 Å². The van der Waals surface area contributed by atoms with Gasteiger partial charge in [0.2, 0.25) is 15.9 Å². The zero-order valence-corrected chi connectivity index (χ0v) is 19.2. The highest BCUT2D eigenvalue weighted by Gasteiger charge is 2.49. The van der Waals surface area contributed by atoms with E-state index in [1.807, 2.05) is 38.8 Å². The quantitative estimate of drug-likeness (QED) is 0.639. The van der Waals surface area contributed by atoms with Gasteiger partial charge in [0.1, 0.15) is 6.17 Å². The SMILES string of the molecule is CC(CC#N)N1NC(Nc2ccc3c(c2)CN(C(C)(C)C)S3(=O)=O)C2C(=O)NCCC21. The summed E-state index contributed by atoms with van der Waals surface area (Å²) >= 11 is 0. The molecule has 31 heavy (non-hydrogen) atoms. The minimum absolute atomic E-state index is 0.000729. The Hall–Kier alpha value is -2.19. The van der Waals surface area contributed by atoms with Gasteiger partial charge in [-0.3, -0.25) is 4.79 Å². The van der Waals surface area contributed by atoms with Crippen molar-refractivity contribution in [3.05, 3.63) is 23.8 Å². The maximum absolute atomic E-state index is 12.9. The smallest absolute Gasteiger partial charge is 0.244 e. The van der Waals surface area contributed by atoms with Gasteiger partial charge in [-0.1, -0.05) is 0 Å². The average Bonchev–Trinajstić information content (AvgIpc) is 3.18. The number of hydrogen-bond acceptors (Lipinski definition) is 7. The minimum atomic E-state index is -3.52. The highest BCUT2D eigenvalue weighted by atomic mass is 32.2. The predicted molar refractivity (Wildman–Crippen MR) is 116 cm³/mol. The normalized spacial score (nSPS) is 29.0. The van der Waals surface area contributed by atoms with Crippen LogP contribution in [-0.4, -0.2) is 54.0 Å². The van der Waals surface area contributed by atoms with Crippen molar-refractivity contribution in [1.82, 2.24) is 20.1 Å². The van der Waals surface area contributed by atoms with Crippen LogP contribution in [0.2, 0.25) is 0 Å². The van der Waals surface area contributed by atoms with Gasteiger partial charge < -0.3 is 10.6 Å². The third-order valence-corrected chi connectivity index (χ3v) is 8.55. The number of hydrazine groups is 1. The van der Waals surface area contributed by atoms with Crippen LogP contribution < -0.4 is 16.1 Å². The van der Waals surface area contributed by atoms with Gasteiger partial charge >= 0.3 is 0 Å². The molecule has 168 valence electrons. The molecule has 10 heteroatoms. The first-order valence-corrected chi connectivity index (χ1v) is 12.1. The Bertz CT molecular complexity index is 1030. The Kier molecular flexibility index (Phi) is 5.50. The van der Waals surface area contributed by atoms with Crippen LogP contribution in [0.3, 0.4) is 0 Å². The third-order valence-electron chi connectivity index (χ3n) is 6.34. The molecule has 1 amide bonds. The van der Waals surface area contributed by atoms with Gasteiger partial charge in [-0.2, -0.15) is 9.57 Å². The van der Waals surface area contributed by atoms with E-state index < -0.39 is 15.6 Å². The van der Waals surface area contributed by atoms with Gasteiger partial charge in [0, 0.05) is 36.4 Å². The lowest BCUT2D eigenvalue weighted by molar-refractivity contribution is -0.127. The van der Waals surface area contributed by atoms with Crippen LogP contribution in [0.25, 0.3) is 0 Å². The zero-order valence-electron chi connectivity index (χ0n) is 18.3. The third kappa shape index (κ3) is 3.80. The monoisotopic (exact) mass is 446 g/mol. The molecule has 3 N–H and O–H groups in total. The standard InChI is InChI=1S/C21H30N6O3S/c1-13(7-9-22)27-16-8-10-23-20(28)18(16)19(25-27)24-15-5-6-17-14(11-15)12-26(21(2,3)4)31(17,29)30/h5-6,11,13,16,18-19,24-25H,7-8,10,12H2,1-4H3,(H,23,28). The second-order valence-corrected chi connectivity index (χ2v) is 11.4. The van der Waals surface area contributed by atoms with E-state index in [0.717, 1.165) is 17.7 Å². The second kappa shape index (κ2) is 7.74. The summed E-state index contributed by atoms with van der Waals surface area (Å²) in [5, 5.41) is 17.5. The molecule has 2 fully saturated rings. The Morgan fingerprint density at radius 1 is 1.35 bits per heavy atom. The molecule has 9 nitrogen and oxygen atoms in total. The number of piperidine rings is 1. The number of nitrogens with zero attached hydrogens (tertiary/aromatic N) is 3. The van der Waals surface area contributed by atoms with Gasteiger partial charge in [-0.25, -0.2) is 18.9 Å². The van der Waals surface area contributed by atoms with Crippen LogP contribution in [0.5, 0.6) is 0 Å². The molecule has 3 aliphatic heterocycles. The van der Waals surface area contributed by atoms with E-state index in [2.05, 4.69) is 22.1 Å². The van der Waals surface area contributed by atoms with Gasteiger partial charge in [0.25, 0.3) is 0 Å². The van der Waals surface area contributed by atoms with E-state index in [9.17, 15) is 13.2 Å². The molecule has 0 radical (unpaired) electrons. The highest BCUT2D eigenvalue weighted by molar-refractivity contribution is 7.89. The molecule has 4 unspecified atom stereocenters.